The molecule has 0 spiro atoms. The molecule has 1 amide bonds. The quantitative estimate of drug-likeness (QED) is 0.682. The molecule has 0 unspecified atom stereocenters. The van der Waals surface area contributed by atoms with Crippen LogP contribution in [0.2, 0.25) is 0 Å². The van der Waals surface area contributed by atoms with Gasteiger partial charge in [0, 0.05) is 11.6 Å². The first kappa shape index (κ1) is 14.5. The van der Waals surface area contributed by atoms with Gasteiger partial charge in [-0.25, -0.2) is 17.6 Å². The lowest BCUT2D eigenvalue weighted by Gasteiger charge is -2.09. The van der Waals surface area contributed by atoms with E-state index in [-0.39, 0.29) is 17.2 Å². The molecular weight excluding hydrogens is 288 g/mol. The van der Waals surface area contributed by atoms with Gasteiger partial charge >= 0.3 is 0 Å². The third kappa shape index (κ3) is 2.84. The molecule has 2 aromatic rings. The normalized spacial score (nSPS) is 10.0. The number of anilines is 1. The second kappa shape index (κ2) is 5.63. The first-order chi connectivity index (χ1) is 9.93. The Hall–Kier alpha value is -2.88. The Morgan fingerprint density at radius 3 is 2.24 bits per heavy atom. The van der Waals surface area contributed by atoms with Crippen LogP contribution in [0.1, 0.15) is 15.9 Å². The number of nitriles is 1. The summed E-state index contributed by atoms with van der Waals surface area (Å²) in [6.45, 7) is 0. The third-order valence-electron chi connectivity index (χ3n) is 2.60. The number of amides is 1. The molecule has 0 atom stereocenters. The minimum atomic E-state index is -1.71. The van der Waals surface area contributed by atoms with Gasteiger partial charge in [0.15, 0.2) is 23.3 Å². The van der Waals surface area contributed by atoms with Crippen molar-refractivity contribution in [2.75, 3.05) is 5.32 Å². The summed E-state index contributed by atoms with van der Waals surface area (Å²) in [6.07, 6.45) is 0. The molecule has 2 aromatic carbocycles. The first-order valence-electron chi connectivity index (χ1n) is 5.58. The topological polar surface area (TPSA) is 52.9 Å². The molecule has 7 heteroatoms. The van der Waals surface area contributed by atoms with Crippen LogP contribution < -0.4 is 5.32 Å². The number of carbonyl (C=O) groups is 1. The minimum Gasteiger partial charge on any atom is -0.317 e. The van der Waals surface area contributed by atoms with E-state index in [9.17, 15) is 22.4 Å². The third-order valence-corrected chi connectivity index (χ3v) is 2.60. The maximum absolute atomic E-state index is 13.4. The molecule has 0 heterocycles. The van der Waals surface area contributed by atoms with Crippen molar-refractivity contribution >= 4 is 11.6 Å². The number of benzene rings is 2. The van der Waals surface area contributed by atoms with Gasteiger partial charge in [-0.1, -0.05) is 6.07 Å². The summed E-state index contributed by atoms with van der Waals surface area (Å²) in [5.41, 5.74) is -1.16. The fourth-order valence-corrected chi connectivity index (χ4v) is 1.60. The van der Waals surface area contributed by atoms with Crippen LogP contribution in [0.4, 0.5) is 23.2 Å². The predicted molar refractivity (Wildman–Crippen MR) is 65.4 cm³/mol. The zero-order valence-electron chi connectivity index (χ0n) is 10.3. The molecule has 0 aliphatic carbocycles. The van der Waals surface area contributed by atoms with Crippen molar-refractivity contribution in [2.45, 2.75) is 0 Å². The van der Waals surface area contributed by atoms with Crippen LogP contribution in [0.5, 0.6) is 0 Å². The van der Waals surface area contributed by atoms with Crippen LogP contribution >= 0.6 is 0 Å². The fraction of sp³-hybridized carbons (Fsp3) is 0. The summed E-state index contributed by atoms with van der Waals surface area (Å²) in [5.74, 6) is -7.68. The van der Waals surface area contributed by atoms with E-state index in [4.69, 9.17) is 5.26 Å². The maximum Gasteiger partial charge on any atom is 0.255 e. The molecule has 0 aromatic heterocycles. The summed E-state index contributed by atoms with van der Waals surface area (Å²) in [7, 11) is 0. The van der Waals surface area contributed by atoms with Crippen molar-refractivity contribution < 1.29 is 22.4 Å². The number of halogens is 4. The van der Waals surface area contributed by atoms with Crippen molar-refractivity contribution in [3.05, 3.63) is 64.7 Å². The van der Waals surface area contributed by atoms with Gasteiger partial charge in [-0.05, 0) is 18.2 Å². The van der Waals surface area contributed by atoms with E-state index in [1.807, 2.05) is 0 Å². The Balaban J connectivity index is 2.38. The largest absolute Gasteiger partial charge is 0.317 e. The number of rotatable bonds is 2. The number of hydrogen-bond acceptors (Lipinski definition) is 2. The van der Waals surface area contributed by atoms with Crippen molar-refractivity contribution in [1.29, 1.82) is 5.26 Å². The average Bonchev–Trinajstić information content (AvgIpc) is 2.49. The number of hydrogen-bond donors (Lipinski definition) is 1. The van der Waals surface area contributed by atoms with Crippen LogP contribution in [-0.4, -0.2) is 5.91 Å². The van der Waals surface area contributed by atoms with Crippen LogP contribution in [0, 0.1) is 34.6 Å². The molecule has 3 nitrogen and oxygen atoms in total. The SMILES string of the molecule is N#Cc1cccc(C(=O)Nc2c(F)c(F)cc(F)c2F)c1. The maximum atomic E-state index is 13.4. The minimum absolute atomic E-state index is 0.0383. The Bertz CT molecular complexity index is 742. The number of carbonyl (C=O) groups excluding carboxylic acids is 1. The molecule has 0 aliphatic heterocycles. The van der Waals surface area contributed by atoms with Crippen molar-refractivity contribution in [3.8, 4) is 6.07 Å². The van der Waals surface area contributed by atoms with Gasteiger partial charge in [-0.3, -0.25) is 4.79 Å². The lowest BCUT2D eigenvalue weighted by Crippen LogP contribution is -2.16. The van der Waals surface area contributed by atoms with Crippen LogP contribution in [0.15, 0.2) is 30.3 Å². The van der Waals surface area contributed by atoms with Gasteiger partial charge in [0.1, 0.15) is 5.69 Å². The average molecular weight is 294 g/mol. The molecule has 106 valence electrons. The zero-order chi connectivity index (χ0) is 15.6. The molecule has 21 heavy (non-hydrogen) atoms. The highest BCUT2D eigenvalue weighted by molar-refractivity contribution is 6.04. The second-order valence-corrected chi connectivity index (χ2v) is 3.99. The van der Waals surface area contributed by atoms with Crippen LogP contribution in [0.3, 0.4) is 0 Å². The first-order valence-corrected chi connectivity index (χ1v) is 5.58. The lowest BCUT2D eigenvalue weighted by atomic mass is 10.1. The predicted octanol–water partition coefficient (Wildman–Crippen LogP) is 3.37. The van der Waals surface area contributed by atoms with Gasteiger partial charge in [0.05, 0.1) is 11.6 Å². The molecule has 0 saturated carbocycles. The van der Waals surface area contributed by atoms with Crippen molar-refractivity contribution in [2.24, 2.45) is 0 Å². The van der Waals surface area contributed by atoms with E-state index >= 15 is 0 Å². The molecule has 0 saturated heterocycles. The van der Waals surface area contributed by atoms with Crippen molar-refractivity contribution in [3.63, 3.8) is 0 Å². The van der Waals surface area contributed by atoms with E-state index in [1.165, 1.54) is 24.3 Å². The highest BCUT2D eigenvalue weighted by Gasteiger charge is 2.21. The standard InChI is InChI=1S/C14H6F4N2O/c15-9-5-10(16)12(18)13(11(9)17)20-14(21)8-3-1-2-7(4-8)6-19/h1-5H,(H,20,21). The Labute approximate surface area is 116 Å². The zero-order valence-corrected chi connectivity index (χ0v) is 10.3. The summed E-state index contributed by atoms with van der Waals surface area (Å²) < 4.78 is 52.9. The van der Waals surface area contributed by atoms with E-state index < -0.39 is 34.9 Å². The molecule has 1 N–H and O–H groups in total. The summed E-state index contributed by atoms with van der Waals surface area (Å²) >= 11 is 0. The van der Waals surface area contributed by atoms with Gasteiger partial charge in [0.2, 0.25) is 0 Å². The summed E-state index contributed by atoms with van der Waals surface area (Å²) in [5, 5.41) is 10.4. The van der Waals surface area contributed by atoms with E-state index in [0.29, 0.717) is 0 Å². The highest BCUT2D eigenvalue weighted by Crippen LogP contribution is 2.24. The van der Waals surface area contributed by atoms with Gasteiger partial charge < -0.3 is 5.32 Å². The second-order valence-electron chi connectivity index (χ2n) is 3.99. The van der Waals surface area contributed by atoms with E-state index in [2.05, 4.69) is 0 Å². The summed E-state index contributed by atoms with van der Waals surface area (Å²) in [4.78, 5) is 11.8. The van der Waals surface area contributed by atoms with Crippen LogP contribution in [-0.2, 0) is 0 Å². The van der Waals surface area contributed by atoms with Crippen LogP contribution in [0.25, 0.3) is 0 Å². The Kier molecular flexibility index (Phi) is 3.89. The van der Waals surface area contributed by atoms with Gasteiger partial charge in [0.25, 0.3) is 5.91 Å². The number of nitrogens with one attached hydrogen (secondary N) is 1. The van der Waals surface area contributed by atoms with E-state index in [0.717, 1.165) is 0 Å². The lowest BCUT2D eigenvalue weighted by molar-refractivity contribution is 0.102. The molecule has 0 radical (unpaired) electrons. The molecule has 0 bridgehead atoms. The summed E-state index contributed by atoms with van der Waals surface area (Å²) in [6, 6.07) is 7.06. The fourth-order valence-electron chi connectivity index (χ4n) is 1.60. The smallest absolute Gasteiger partial charge is 0.255 e. The molecule has 0 aliphatic rings. The molecular formula is C14H6F4N2O. The highest BCUT2D eigenvalue weighted by atomic mass is 19.2. The Morgan fingerprint density at radius 2 is 1.67 bits per heavy atom. The molecule has 2 rings (SSSR count). The van der Waals surface area contributed by atoms with Crippen molar-refractivity contribution in [1.82, 2.24) is 0 Å². The number of nitrogens with zero attached hydrogens (tertiary/aromatic N) is 1. The molecule has 0 fully saturated rings. The van der Waals surface area contributed by atoms with Gasteiger partial charge in [-0.2, -0.15) is 5.26 Å². The van der Waals surface area contributed by atoms with E-state index in [1.54, 1.807) is 11.4 Å². The van der Waals surface area contributed by atoms with Gasteiger partial charge in [-0.15, -0.1) is 0 Å². The Morgan fingerprint density at radius 1 is 1.05 bits per heavy atom. The monoisotopic (exact) mass is 294 g/mol.